The van der Waals surface area contributed by atoms with Crippen molar-refractivity contribution in [3.63, 3.8) is 0 Å². The van der Waals surface area contributed by atoms with E-state index in [1.807, 2.05) is 25.1 Å². The Morgan fingerprint density at radius 2 is 1.57 bits per heavy atom. The number of carbonyl (C=O) groups is 5. The molecule has 1 aliphatic rings. The van der Waals surface area contributed by atoms with E-state index in [0.717, 1.165) is 42.0 Å². The number of unbranched alkanes of at least 4 members (excludes halogenated alkanes) is 3. The maximum absolute atomic E-state index is 14.7. The number of hydrogen-bond acceptors (Lipinski definition) is 11. The number of benzene rings is 4. The van der Waals surface area contributed by atoms with E-state index in [0.29, 0.717) is 39.3 Å². The van der Waals surface area contributed by atoms with E-state index < -0.39 is 53.7 Å². The highest BCUT2D eigenvalue weighted by Gasteiger charge is 2.36. The van der Waals surface area contributed by atoms with E-state index in [2.05, 4.69) is 46.4 Å². The Labute approximate surface area is 380 Å². The van der Waals surface area contributed by atoms with Gasteiger partial charge in [-0.05, 0) is 103 Å². The minimum Gasteiger partial charge on any atom is -0.492 e. The second-order valence-corrected chi connectivity index (χ2v) is 16.3. The minimum atomic E-state index is -1.37. The SMILES string of the molecule is CCCCCCc1ccc2cc(C)c(C(=O)NC(CCN)C(=O)N(C)C3C(=O)NC(C)C(=O)NC(C(=O)NCC#N)Cc4ccc(OCCN)c(c4)-c4cc3ccc4OCCN)cc2c1. The zero-order chi connectivity index (χ0) is 47.0. The third kappa shape index (κ3) is 12.8. The summed E-state index contributed by atoms with van der Waals surface area (Å²) in [7, 11) is 1.45. The predicted molar refractivity (Wildman–Crippen MR) is 250 cm³/mol. The molecule has 1 heterocycles. The monoisotopic (exact) mass is 889 g/mol. The molecule has 0 saturated carbocycles. The van der Waals surface area contributed by atoms with Gasteiger partial charge in [-0.1, -0.05) is 62.6 Å². The first-order chi connectivity index (χ1) is 31.3. The minimum absolute atomic E-state index is 0.0134. The Hall–Kier alpha value is -6.54. The number of nitrogens with one attached hydrogen (secondary N) is 4. The Balaban J connectivity index is 1.57. The number of rotatable bonds is 19. The van der Waals surface area contributed by atoms with Crippen LogP contribution in [-0.2, 0) is 32.0 Å². The second-order valence-electron chi connectivity index (χ2n) is 16.3. The summed E-state index contributed by atoms with van der Waals surface area (Å²) in [4.78, 5) is 71.8. The average Bonchev–Trinajstić information content (AvgIpc) is 3.29. The molecule has 4 aromatic rings. The number of nitriles is 1. The molecule has 65 heavy (non-hydrogen) atoms. The number of aryl methyl sites for hydroxylation is 2. The standard InChI is InChI=1S/C49H63N9O7/c1-5-6-7-8-9-32-10-12-34-24-30(2)37(29-36(34)25-32)46(60)56-40(16-17-50)49(63)58(4)44-35-13-15-43(65-23-20-53)39(28-35)38-26-33(11-14-42(38)64-22-19-52)27-41(47(61)54-21-18-51)57-45(59)31(3)55-48(44)62/h10-15,24-26,28-29,31,40-41,44H,5-9,16-17,19-23,27,50,52-53H2,1-4H3,(H,54,61)(H,55,62)(H,56,60)(H,57,59). The van der Waals surface area contributed by atoms with Crippen molar-refractivity contribution in [3.8, 4) is 28.7 Å². The average molecular weight is 890 g/mol. The Morgan fingerprint density at radius 1 is 0.862 bits per heavy atom. The third-order valence-electron chi connectivity index (χ3n) is 11.4. The highest BCUT2D eigenvalue weighted by Crippen LogP contribution is 2.40. The van der Waals surface area contributed by atoms with Gasteiger partial charge in [0.05, 0.1) is 6.07 Å². The van der Waals surface area contributed by atoms with Crippen LogP contribution in [0, 0.1) is 18.3 Å². The summed E-state index contributed by atoms with van der Waals surface area (Å²) in [5.74, 6) is -2.30. The molecule has 16 nitrogen and oxygen atoms in total. The molecule has 5 amide bonds. The van der Waals surface area contributed by atoms with Crippen LogP contribution in [-0.4, -0.2) is 99.0 Å². The summed E-state index contributed by atoms with van der Waals surface area (Å²) < 4.78 is 12.2. The van der Waals surface area contributed by atoms with Crippen LogP contribution in [0.15, 0.2) is 66.7 Å². The van der Waals surface area contributed by atoms with Crippen LogP contribution >= 0.6 is 0 Å². The number of hydrogen-bond donors (Lipinski definition) is 7. The van der Waals surface area contributed by atoms with E-state index >= 15 is 0 Å². The van der Waals surface area contributed by atoms with Crippen molar-refractivity contribution in [1.82, 2.24) is 26.2 Å². The van der Waals surface area contributed by atoms with Crippen LogP contribution in [0.5, 0.6) is 11.5 Å². The zero-order valence-electron chi connectivity index (χ0n) is 37.8. The fourth-order valence-electron chi connectivity index (χ4n) is 7.98. The quantitative estimate of drug-likeness (QED) is 0.0530. The molecule has 10 N–H and O–H groups in total. The van der Waals surface area contributed by atoms with Gasteiger partial charge in [0.15, 0.2) is 0 Å². The number of carbonyl (C=O) groups excluding carboxylic acids is 5. The van der Waals surface area contributed by atoms with Gasteiger partial charge in [0, 0.05) is 43.2 Å². The van der Waals surface area contributed by atoms with Crippen molar-refractivity contribution in [2.45, 2.75) is 89.9 Å². The first-order valence-corrected chi connectivity index (χ1v) is 22.3. The van der Waals surface area contributed by atoms with Crippen molar-refractivity contribution >= 4 is 40.3 Å². The number of amides is 5. The first kappa shape index (κ1) is 49.5. The number of nitrogens with two attached hydrogens (primary N) is 3. The molecule has 0 fully saturated rings. The first-order valence-electron chi connectivity index (χ1n) is 22.3. The van der Waals surface area contributed by atoms with Crippen LogP contribution < -0.4 is 47.9 Å². The molecule has 5 rings (SSSR count). The summed E-state index contributed by atoms with van der Waals surface area (Å²) in [5, 5.41) is 22.0. The van der Waals surface area contributed by atoms with Crippen LogP contribution in [0.1, 0.15) is 84.6 Å². The molecule has 4 aromatic carbocycles. The van der Waals surface area contributed by atoms with E-state index in [1.54, 1.807) is 36.4 Å². The lowest BCUT2D eigenvalue weighted by atomic mass is 9.93. The van der Waals surface area contributed by atoms with Gasteiger partial charge in [-0.25, -0.2) is 0 Å². The molecule has 16 heteroatoms. The number of nitrogens with zero attached hydrogens (tertiary/aromatic N) is 2. The molecule has 0 aliphatic carbocycles. The highest BCUT2D eigenvalue weighted by atomic mass is 16.5. The van der Waals surface area contributed by atoms with Crippen molar-refractivity contribution < 1.29 is 33.4 Å². The fraction of sp³-hybridized carbons (Fsp3) is 0.429. The van der Waals surface area contributed by atoms with Gasteiger partial charge in [0.1, 0.15) is 55.4 Å². The molecule has 0 radical (unpaired) electrons. The van der Waals surface area contributed by atoms with Crippen LogP contribution in [0.2, 0.25) is 0 Å². The van der Waals surface area contributed by atoms with Gasteiger partial charge in [-0.2, -0.15) is 5.26 Å². The lowest BCUT2D eigenvalue weighted by Gasteiger charge is -2.32. The maximum Gasteiger partial charge on any atom is 0.252 e. The second kappa shape index (κ2) is 23.9. The molecule has 4 bridgehead atoms. The normalized spacial score (nSPS) is 16.6. The molecule has 346 valence electrons. The van der Waals surface area contributed by atoms with Gasteiger partial charge in [0.2, 0.25) is 23.6 Å². The lowest BCUT2D eigenvalue weighted by Crippen LogP contribution is -2.56. The largest absolute Gasteiger partial charge is 0.492 e. The van der Waals surface area contributed by atoms with Crippen LogP contribution in [0.3, 0.4) is 0 Å². The summed E-state index contributed by atoms with van der Waals surface area (Å²) in [5.41, 5.74) is 22.0. The maximum atomic E-state index is 14.7. The Morgan fingerprint density at radius 3 is 2.25 bits per heavy atom. The molecular formula is C49H63N9O7. The van der Waals surface area contributed by atoms with Crippen LogP contribution in [0.25, 0.3) is 21.9 Å². The van der Waals surface area contributed by atoms with Gasteiger partial charge in [0.25, 0.3) is 5.91 Å². The summed E-state index contributed by atoms with van der Waals surface area (Å²) in [6.45, 7) is 5.94. The number of ether oxygens (including phenoxy) is 2. The molecule has 0 spiro atoms. The summed E-state index contributed by atoms with van der Waals surface area (Å²) in [6.07, 6.45) is 5.57. The Kier molecular flexibility index (Phi) is 18.2. The summed E-state index contributed by atoms with van der Waals surface area (Å²) >= 11 is 0. The van der Waals surface area contributed by atoms with Gasteiger partial charge >= 0.3 is 0 Å². The Bertz CT molecular complexity index is 2380. The van der Waals surface area contributed by atoms with E-state index in [4.69, 9.17) is 26.7 Å². The summed E-state index contributed by atoms with van der Waals surface area (Å²) in [6, 6.07) is 17.4. The zero-order valence-corrected chi connectivity index (χ0v) is 37.8. The molecule has 4 atom stereocenters. The van der Waals surface area contributed by atoms with Gasteiger partial charge in [-0.15, -0.1) is 0 Å². The molecule has 0 saturated heterocycles. The van der Waals surface area contributed by atoms with Crippen molar-refractivity contribution in [1.29, 1.82) is 5.26 Å². The van der Waals surface area contributed by atoms with E-state index in [1.165, 1.54) is 30.9 Å². The van der Waals surface area contributed by atoms with E-state index in [-0.39, 0.29) is 52.2 Å². The van der Waals surface area contributed by atoms with Crippen LogP contribution in [0.4, 0.5) is 0 Å². The lowest BCUT2D eigenvalue weighted by molar-refractivity contribution is -0.141. The highest BCUT2D eigenvalue weighted by molar-refractivity contribution is 6.03. The predicted octanol–water partition coefficient (Wildman–Crippen LogP) is 3.45. The topological polar surface area (TPSA) is 257 Å². The molecule has 0 aromatic heterocycles. The molecule has 1 aliphatic heterocycles. The number of fused-ring (bicyclic) bond motifs is 6. The van der Waals surface area contributed by atoms with Crippen molar-refractivity contribution in [3.05, 3.63) is 94.5 Å². The fourth-order valence-corrected chi connectivity index (χ4v) is 7.98. The van der Waals surface area contributed by atoms with Gasteiger partial charge < -0.3 is 52.8 Å². The van der Waals surface area contributed by atoms with E-state index in [9.17, 15) is 29.2 Å². The third-order valence-corrected chi connectivity index (χ3v) is 11.4. The van der Waals surface area contributed by atoms with Crippen molar-refractivity contribution in [2.24, 2.45) is 17.2 Å². The van der Waals surface area contributed by atoms with Gasteiger partial charge in [-0.3, -0.25) is 24.0 Å². The molecular weight excluding hydrogens is 827 g/mol. The van der Waals surface area contributed by atoms with Crippen molar-refractivity contribution in [2.75, 3.05) is 46.4 Å². The molecule has 4 unspecified atom stereocenters. The smallest absolute Gasteiger partial charge is 0.252 e. The number of likely N-dealkylation sites (N-methyl/N-ethyl adjacent to an activating group) is 1.